The molecule has 0 aromatic heterocycles. The van der Waals surface area contributed by atoms with Gasteiger partial charge in [0.05, 0.1) is 24.5 Å². The van der Waals surface area contributed by atoms with Crippen molar-refractivity contribution in [3.63, 3.8) is 0 Å². The van der Waals surface area contributed by atoms with Crippen LogP contribution in [0.1, 0.15) is 58.8 Å². The summed E-state index contributed by atoms with van der Waals surface area (Å²) in [5.41, 5.74) is -0.527. The molecule has 0 radical (unpaired) electrons. The maximum absolute atomic E-state index is 12.2. The van der Waals surface area contributed by atoms with Gasteiger partial charge in [-0.05, 0) is 19.3 Å². The van der Waals surface area contributed by atoms with Crippen LogP contribution in [-0.2, 0) is 14.3 Å². The van der Waals surface area contributed by atoms with Crippen molar-refractivity contribution in [2.24, 2.45) is 5.41 Å². The first kappa shape index (κ1) is 14.6. The van der Waals surface area contributed by atoms with Crippen molar-refractivity contribution in [2.75, 3.05) is 6.61 Å². The lowest BCUT2D eigenvalue weighted by Crippen LogP contribution is -2.52. The lowest BCUT2D eigenvalue weighted by Gasteiger charge is -2.47. The van der Waals surface area contributed by atoms with Gasteiger partial charge in [0.15, 0.2) is 11.6 Å². The summed E-state index contributed by atoms with van der Waals surface area (Å²) >= 11 is 0. The third-order valence-electron chi connectivity index (χ3n) is 4.50. The second-order valence-corrected chi connectivity index (χ2v) is 6.24. The minimum Gasteiger partial charge on any atom is -0.350 e. The zero-order valence-electron chi connectivity index (χ0n) is 12.0. The largest absolute Gasteiger partial charge is 0.350 e. The van der Waals surface area contributed by atoms with Crippen LogP contribution < -0.4 is 0 Å². The fourth-order valence-corrected chi connectivity index (χ4v) is 3.07. The summed E-state index contributed by atoms with van der Waals surface area (Å²) in [6.45, 7) is 4.57. The number of rotatable bonds is 3. The van der Waals surface area contributed by atoms with E-state index in [2.05, 4.69) is 5.92 Å². The molecule has 2 rings (SSSR count). The highest BCUT2D eigenvalue weighted by molar-refractivity contribution is 5.86. The molecule has 3 nitrogen and oxygen atoms in total. The number of hydrogen-bond acceptors (Lipinski definition) is 3. The van der Waals surface area contributed by atoms with Crippen LogP contribution in [-0.4, -0.2) is 24.3 Å². The van der Waals surface area contributed by atoms with Crippen molar-refractivity contribution in [1.29, 1.82) is 0 Å². The van der Waals surface area contributed by atoms with Crippen molar-refractivity contribution in [1.82, 2.24) is 0 Å². The van der Waals surface area contributed by atoms with Crippen LogP contribution in [0.2, 0.25) is 0 Å². The predicted molar refractivity (Wildman–Crippen MR) is 73.5 cm³/mol. The van der Waals surface area contributed by atoms with Gasteiger partial charge in [0, 0.05) is 12.8 Å². The first-order valence-electron chi connectivity index (χ1n) is 7.29. The molecular weight excluding hydrogens is 240 g/mol. The van der Waals surface area contributed by atoms with E-state index in [1.54, 1.807) is 0 Å². The summed E-state index contributed by atoms with van der Waals surface area (Å²) in [7, 11) is 0. The van der Waals surface area contributed by atoms with Gasteiger partial charge in [0.1, 0.15) is 0 Å². The number of Topliss-reactive ketones (excluding diaryl/α,β-unsaturated/α-hetero) is 1. The lowest BCUT2D eigenvalue weighted by atomic mass is 9.78. The molecular formula is C16H24O3. The van der Waals surface area contributed by atoms with Crippen molar-refractivity contribution < 1.29 is 14.3 Å². The van der Waals surface area contributed by atoms with E-state index in [0.717, 1.165) is 32.1 Å². The van der Waals surface area contributed by atoms with Gasteiger partial charge in [-0.3, -0.25) is 4.79 Å². The molecule has 0 aromatic carbocycles. The molecule has 1 aliphatic carbocycles. The number of carbonyl (C=O) groups excluding carboxylic acids is 1. The Morgan fingerprint density at radius 1 is 1.37 bits per heavy atom. The van der Waals surface area contributed by atoms with Gasteiger partial charge in [-0.25, -0.2) is 0 Å². The predicted octanol–water partition coefficient (Wildman–Crippen LogP) is 3.07. The highest BCUT2D eigenvalue weighted by atomic mass is 16.7. The van der Waals surface area contributed by atoms with Crippen molar-refractivity contribution in [3.8, 4) is 12.3 Å². The second-order valence-electron chi connectivity index (χ2n) is 6.24. The van der Waals surface area contributed by atoms with Crippen LogP contribution in [0, 0.1) is 17.8 Å². The number of ether oxygens (including phenoxy) is 2. The van der Waals surface area contributed by atoms with Crippen molar-refractivity contribution in [2.45, 2.75) is 70.7 Å². The highest BCUT2D eigenvalue weighted by Gasteiger charge is 2.46. The molecule has 0 unspecified atom stereocenters. The minimum atomic E-state index is -0.527. The maximum atomic E-state index is 12.2. The Labute approximate surface area is 116 Å². The van der Waals surface area contributed by atoms with E-state index >= 15 is 0 Å². The Bertz CT molecular complexity index is 366. The number of ketones is 1. The molecule has 1 aliphatic heterocycles. The van der Waals surface area contributed by atoms with Crippen molar-refractivity contribution in [3.05, 3.63) is 0 Å². The number of terminal acetylenes is 1. The van der Waals surface area contributed by atoms with Gasteiger partial charge >= 0.3 is 0 Å². The minimum absolute atomic E-state index is 0.0831. The summed E-state index contributed by atoms with van der Waals surface area (Å²) in [6.07, 6.45) is 11.6. The molecule has 0 bridgehead atoms. The monoisotopic (exact) mass is 264 g/mol. The molecule has 1 heterocycles. The molecule has 0 aromatic rings. The van der Waals surface area contributed by atoms with E-state index in [4.69, 9.17) is 15.9 Å². The van der Waals surface area contributed by atoms with E-state index in [1.807, 2.05) is 13.8 Å². The summed E-state index contributed by atoms with van der Waals surface area (Å²) in [4.78, 5) is 12.2. The van der Waals surface area contributed by atoms with Crippen LogP contribution in [0.15, 0.2) is 0 Å². The molecule has 19 heavy (non-hydrogen) atoms. The molecule has 1 saturated heterocycles. The molecule has 1 spiro atoms. The standard InChI is InChI=1S/C16H24O3/c1-4-8-13(17)15(2,3)14-9-12-18-16(19-14)10-6-5-7-11-16/h1,14H,5-12H2,2-3H3/t14-/m0/s1. The zero-order chi connectivity index (χ0) is 13.9. The van der Waals surface area contributed by atoms with E-state index in [-0.39, 0.29) is 18.3 Å². The fraction of sp³-hybridized carbons (Fsp3) is 0.812. The molecule has 0 amide bonds. The quantitative estimate of drug-likeness (QED) is 0.735. The Kier molecular flexibility index (Phi) is 4.32. The summed E-state index contributed by atoms with van der Waals surface area (Å²) in [6, 6.07) is 0. The fourth-order valence-electron chi connectivity index (χ4n) is 3.07. The van der Waals surface area contributed by atoms with Crippen LogP contribution in [0.25, 0.3) is 0 Å². The average Bonchev–Trinajstić information content (AvgIpc) is 2.40. The maximum Gasteiger partial charge on any atom is 0.168 e. The van der Waals surface area contributed by atoms with Crippen LogP contribution >= 0.6 is 0 Å². The Balaban J connectivity index is 2.08. The summed E-state index contributed by atoms with van der Waals surface area (Å²) < 4.78 is 12.1. The van der Waals surface area contributed by atoms with Crippen molar-refractivity contribution >= 4 is 5.78 Å². The Morgan fingerprint density at radius 2 is 2.05 bits per heavy atom. The molecule has 1 saturated carbocycles. The van der Waals surface area contributed by atoms with E-state index in [0.29, 0.717) is 6.61 Å². The van der Waals surface area contributed by atoms with E-state index in [1.165, 1.54) is 6.42 Å². The first-order valence-corrected chi connectivity index (χ1v) is 7.29. The third kappa shape index (κ3) is 3.01. The number of hydrogen-bond donors (Lipinski definition) is 0. The van der Waals surface area contributed by atoms with Crippen LogP contribution in [0.4, 0.5) is 0 Å². The van der Waals surface area contributed by atoms with Gasteiger partial charge in [-0.15, -0.1) is 6.42 Å². The summed E-state index contributed by atoms with van der Waals surface area (Å²) in [5, 5.41) is 0. The first-order chi connectivity index (χ1) is 9.00. The van der Waals surface area contributed by atoms with Crippen LogP contribution in [0.3, 0.4) is 0 Å². The van der Waals surface area contributed by atoms with Gasteiger partial charge in [0.25, 0.3) is 0 Å². The normalized spacial score (nSPS) is 26.9. The molecule has 3 heteroatoms. The van der Waals surface area contributed by atoms with E-state index < -0.39 is 11.2 Å². The SMILES string of the molecule is C#CCC(=O)C(C)(C)[C@@H]1CCOC2(CCCCC2)O1. The summed E-state index contributed by atoms with van der Waals surface area (Å²) in [5.74, 6) is 2.10. The number of carbonyl (C=O) groups is 1. The molecule has 1 atom stereocenters. The third-order valence-corrected chi connectivity index (χ3v) is 4.50. The van der Waals surface area contributed by atoms with Crippen LogP contribution in [0.5, 0.6) is 0 Å². The molecule has 106 valence electrons. The van der Waals surface area contributed by atoms with Gasteiger partial charge in [-0.1, -0.05) is 26.2 Å². The lowest BCUT2D eigenvalue weighted by molar-refractivity contribution is -0.317. The molecule has 2 aliphatic rings. The molecule has 0 N–H and O–H groups in total. The smallest absolute Gasteiger partial charge is 0.168 e. The average molecular weight is 264 g/mol. The zero-order valence-corrected chi connectivity index (χ0v) is 12.0. The van der Waals surface area contributed by atoms with Gasteiger partial charge in [-0.2, -0.15) is 0 Å². The van der Waals surface area contributed by atoms with Gasteiger partial charge < -0.3 is 9.47 Å². The molecule has 2 fully saturated rings. The van der Waals surface area contributed by atoms with Gasteiger partial charge in [0.2, 0.25) is 0 Å². The topological polar surface area (TPSA) is 35.5 Å². The Hall–Kier alpha value is -0.850. The Morgan fingerprint density at radius 3 is 2.68 bits per heavy atom. The highest BCUT2D eigenvalue weighted by Crippen LogP contribution is 2.41. The second kappa shape index (κ2) is 5.64. The van der Waals surface area contributed by atoms with E-state index in [9.17, 15) is 4.79 Å².